The third-order valence-electron chi connectivity index (χ3n) is 4.96. The molecular weight excluding hydrogens is 311 g/mol. The fourth-order valence-corrected chi connectivity index (χ4v) is 3.69. The van der Waals surface area contributed by atoms with Crippen molar-refractivity contribution >= 4 is 11.6 Å². The number of nitrogens with one attached hydrogen (secondary N) is 1. The summed E-state index contributed by atoms with van der Waals surface area (Å²) < 4.78 is 24.4. The Hall–Kier alpha value is -1.50. The maximum Gasteiger partial charge on any atom is 0.229 e. The molecule has 24 heavy (non-hydrogen) atoms. The number of hydrogen-bond acceptors (Lipinski definition) is 4. The average molecular weight is 336 g/mol. The largest absolute Gasteiger partial charge is 0.384 e. The number of carbonyl (C=O) groups excluding carboxylic acids is 1. The molecule has 1 spiro atoms. The Morgan fingerprint density at radius 3 is 2.75 bits per heavy atom. The van der Waals surface area contributed by atoms with E-state index in [2.05, 4.69) is 5.32 Å². The first kappa shape index (κ1) is 17.3. The van der Waals surface area contributed by atoms with Gasteiger partial charge >= 0.3 is 0 Å². The molecule has 2 aliphatic heterocycles. The fourth-order valence-electron chi connectivity index (χ4n) is 3.69. The molecule has 0 saturated carbocycles. The minimum absolute atomic E-state index is 0.0111. The molecule has 0 radical (unpaired) electrons. The summed E-state index contributed by atoms with van der Waals surface area (Å²) in [5.41, 5.74) is 0.590. The Morgan fingerprint density at radius 1 is 1.38 bits per heavy atom. The van der Waals surface area contributed by atoms with Gasteiger partial charge in [0.25, 0.3) is 0 Å². The summed E-state index contributed by atoms with van der Waals surface area (Å²) in [6.07, 6.45) is 3.06. The number of piperidine rings is 1. The molecule has 1 unspecified atom stereocenters. The van der Waals surface area contributed by atoms with Gasteiger partial charge in [0.2, 0.25) is 5.91 Å². The van der Waals surface area contributed by atoms with Crippen LogP contribution in [0.4, 0.5) is 10.1 Å². The lowest BCUT2D eigenvalue weighted by atomic mass is 9.88. The SMILES string of the molecule is COCCC(=O)N(c1ccc(F)cc1)C1COC2(CCNCC2)C1. The van der Waals surface area contributed by atoms with Gasteiger partial charge in [-0.15, -0.1) is 0 Å². The van der Waals surface area contributed by atoms with Gasteiger partial charge in [-0.3, -0.25) is 4.79 Å². The third kappa shape index (κ3) is 3.77. The van der Waals surface area contributed by atoms with Gasteiger partial charge in [0.1, 0.15) is 5.82 Å². The molecule has 2 saturated heterocycles. The molecule has 0 bridgehead atoms. The van der Waals surface area contributed by atoms with Crippen molar-refractivity contribution in [1.29, 1.82) is 0 Å². The first-order valence-electron chi connectivity index (χ1n) is 8.55. The van der Waals surface area contributed by atoms with E-state index in [0.29, 0.717) is 19.6 Å². The predicted molar refractivity (Wildman–Crippen MR) is 89.6 cm³/mol. The van der Waals surface area contributed by atoms with Crippen LogP contribution in [0, 0.1) is 5.82 Å². The summed E-state index contributed by atoms with van der Waals surface area (Å²) in [6.45, 7) is 2.79. The van der Waals surface area contributed by atoms with Crippen molar-refractivity contribution in [3.8, 4) is 0 Å². The Kier molecular flexibility index (Phi) is 5.48. The van der Waals surface area contributed by atoms with Crippen LogP contribution in [-0.4, -0.2) is 51.0 Å². The van der Waals surface area contributed by atoms with Gasteiger partial charge in [-0.05, 0) is 56.6 Å². The number of ether oxygens (including phenoxy) is 2. The number of nitrogens with zero attached hydrogens (tertiary/aromatic N) is 1. The van der Waals surface area contributed by atoms with Crippen molar-refractivity contribution in [3.05, 3.63) is 30.1 Å². The zero-order chi connectivity index (χ0) is 17.0. The summed E-state index contributed by atoms with van der Waals surface area (Å²) in [7, 11) is 1.58. The van der Waals surface area contributed by atoms with Gasteiger partial charge in [-0.2, -0.15) is 0 Å². The number of anilines is 1. The Balaban J connectivity index is 1.79. The quantitative estimate of drug-likeness (QED) is 0.895. The van der Waals surface area contributed by atoms with Crippen LogP contribution in [-0.2, 0) is 14.3 Å². The fraction of sp³-hybridized carbons (Fsp3) is 0.611. The molecule has 132 valence electrons. The van der Waals surface area contributed by atoms with Crippen molar-refractivity contribution in [2.75, 3.05) is 38.3 Å². The van der Waals surface area contributed by atoms with E-state index in [1.54, 1.807) is 24.1 Å². The van der Waals surface area contributed by atoms with Crippen LogP contribution in [0.15, 0.2) is 24.3 Å². The number of carbonyl (C=O) groups is 1. The zero-order valence-corrected chi connectivity index (χ0v) is 14.1. The molecule has 3 rings (SSSR count). The van der Waals surface area contributed by atoms with Crippen molar-refractivity contribution in [3.63, 3.8) is 0 Å². The number of amides is 1. The highest BCUT2D eigenvalue weighted by molar-refractivity contribution is 5.94. The average Bonchev–Trinajstić information content (AvgIpc) is 2.98. The molecule has 1 amide bonds. The highest BCUT2D eigenvalue weighted by atomic mass is 19.1. The summed E-state index contributed by atoms with van der Waals surface area (Å²) >= 11 is 0. The molecule has 1 N–H and O–H groups in total. The molecule has 2 fully saturated rings. The maximum absolute atomic E-state index is 13.3. The molecule has 1 aromatic carbocycles. The number of rotatable bonds is 5. The van der Waals surface area contributed by atoms with Crippen LogP contribution in [0.25, 0.3) is 0 Å². The van der Waals surface area contributed by atoms with Crippen LogP contribution >= 0.6 is 0 Å². The standard InChI is InChI=1S/C18H25FN2O3/c1-23-11-6-17(22)21(15-4-2-14(19)3-5-15)16-12-18(24-13-16)7-9-20-10-8-18/h2-5,16,20H,6-13H2,1H3. The second-order valence-electron chi connectivity index (χ2n) is 6.58. The van der Waals surface area contributed by atoms with E-state index in [9.17, 15) is 9.18 Å². The normalized spacial score (nSPS) is 22.7. The van der Waals surface area contributed by atoms with Gasteiger partial charge < -0.3 is 19.7 Å². The highest BCUT2D eigenvalue weighted by Crippen LogP contribution is 2.37. The van der Waals surface area contributed by atoms with Crippen molar-refractivity contribution in [1.82, 2.24) is 5.32 Å². The van der Waals surface area contributed by atoms with E-state index in [-0.39, 0.29) is 23.4 Å². The molecule has 2 heterocycles. The molecule has 0 aromatic heterocycles. The molecule has 1 atom stereocenters. The van der Waals surface area contributed by atoms with Crippen molar-refractivity contribution in [2.24, 2.45) is 0 Å². The number of hydrogen-bond donors (Lipinski definition) is 1. The number of benzene rings is 1. The highest BCUT2D eigenvalue weighted by Gasteiger charge is 2.44. The van der Waals surface area contributed by atoms with E-state index in [4.69, 9.17) is 9.47 Å². The van der Waals surface area contributed by atoms with Gasteiger partial charge in [0, 0.05) is 12.8 Å². The molecule has 5 nitrogen and oxygen atoms in total. The Labute approximate surface area is 142 Å². The molecule has 1 aromatic rings. The summed E-state index contributed by atoms with van der Waals surface area (Å²) in [6, 6.07) is 6.09. The number of methoxy groups -OCH3 is 1. The van der Waals surface area contributed by atoms with E-state index in [1.165, 1.54) is 12.1 Å². The van der Waals surface area contributed by atoms with Gasteiger partial charge in [0.05, 0.1) is 31.3 Å². The zero-order valence-electron chi connectivity index (χ0n) is 14.1. The van der Waals surface area contributed by atoms with Gasteiger partial charge in [-0.1, -0.05) is 0 Å². The van der Waals surface area contributed by atoms with Gasteiger partial charge in [-0.25, -0.2) is 4.39 Å². The molecular formula is C18H25FN2O3. The van der Waals surface area contributed by atoms with E-state index in [1.807, 2.05) is 0 Å². The van der Waals surface area contributed by atoms with E-state index >= 15 is 0 Å². The van der Waals surface area contributed by atoms with Crippen LogP contribution in [0.5, 0.6) is 0 Å². The Morgan fingerprint density at radius 2 is 2.08 bits per heavy atom. The van der Waals surface area contributed by atoms with Gasteiger partial charge in [0.15, 0.2) is 0 Å². The third-order valence-corrected chi connectivity index (χ3v) is 4.96. The van der Waals surface area contributed by atoms with Crippen LogP contribution in [0.3, 0.4) is 0 Å². The number of halogens is 1. The van der Waals surface area contributed by atoms with Crippen LogP contribution in [0.1, 0.15) is 25.7 Å². The smallest absolute Gasteiger partial charge is 0.229 e. The van der Waals surface area contributed by atoms with E-state index < -0.39 is 0 Å². The lowest BCUT2D eigenvalue weighted by molar-refractivity contribution is -0.120. The Bertz CT molecular complexity index is 558. The lowest BCUT2D eigenvalue weighted by Gasteiger charge is -2.34. The predicted octanol–water partition coefficient (Wildman–Crippen LogP) is 2.11. The van der Waals surface area contributed by atoms with Crippen molar-refractivity contribution < 1.29 is 18.7 Å². The first-order chi connectivity index (χ1) is 11.6. The summed E-state index contributed by atoms with van der Waals surface area (Å²) in [5.74, 6) is -0.316. The van der Waals surface area contributed by atoms with Crippen molar-refractivity contribution in [2.45, 2.75) is 37.3 Å². The maximum atomic E-state index is 13.3. The first-order valence-corrected chi connectivity index (χ1v) is 8.55. The second kappa shape index (κ2) is 7.59. The second-order valence-corrected chi connectivity index (χ2v) is 6.58. The summed E-state index contributed by atoms with van der Waals surface area (Å²) in [4.78, 5) is 14.5. The minimum atomic E-state index is -0.305. The topological polar surface area (TPSA) is 50.8 Å². The molecule has 0 aliphatic carbocycles. The van der Waals surface area contributed by atoms with E-state index in [0.717, 1.165) is 38.0 Å². The lowest BCUT2D eigenvalue weighted by Crippen LogP contribution is -2.44. The molecule has 2 aliphatic rings. The minimum Gasteiger partial charge on any atom is -0.384 e. The monoisotopic (exact) mass is 336 g/mol. The van der Waals surface area contributed by atoms with Crippen LogP contribution in [0.2, 0.25) is 0 Å². The van der Waals surface area contributed by atoms with Crippen LogP contribution < -0.4 is 10.2 Å². The summed E-state index contributed by atoms with van der Waals surface area (Å²) in [5, 5.41) is 3.35. The molecule has 6 heteroatoms.